The van der Waals surface area contributed by atoms with E-state index in [1.807, 2.05) is 18.2 Å². The summed E-state index contributed by atoms with van der Waals surface area (Å²) in [4.78, 5) is 12.0. The molecule has 1 heterocycles. The van der Waals surface area contributed by atoms with Crippen LogP contribution in [0.4, 0.5) is 10.5 Å². The molecule has 28 heavy (non-hydrogen) atoms. The van der Waals surface area contributed by atoms with Crippen LogP contribution < -0.4 is 16.0 Å². The van der Waals surface area contributed by atoms with Crippen molar-refractivity contribution < 1.29 is 4.79 Å². The van der Waals surface area contributed by atoms with Crippen molar-refractivity contribution in [3.8, 4) is 0 Å². The zero-order chi connectivity index (χ0) is 19.6. The van der Waals surface area contributed by atoms with E-state index in [9.17, 15) is 4.79 Å². The lowest BCUT2D eigenvalue weighted by atomic mass is 9.86. The van der Waals surface area contributed by atoms with Gasteiger partial charge < -0.3 is 21.4 Å². The second-order valence-corrected chi connectivity index (χ2v) is 7.52. The van der Waals surface area contributed by atoms with Crippen molar-refractivity contribution in [1.29, 1.82) is 5.41 Å². The fraction of sp³-hybridized carbons (Fsp3) is 0.391. The molecule has 0 saturated carbocycles. The monoisotopic (exact) mass is 378 g/mol. The quantitative estimate of drug-likeness (QED) is 0.410. The standard InChI is InChI=1S/C23H30N4O/c24-17-20-8-4-9-22(16-20)27-23(28)26-12-5-10-21-15-19(11-13-25-21)14-18-6-2-1-3-7-18/h1-4,6-9,16-17,19,21,24-25H,5,10-15H2,(H2,26,27,28)/t19-,21+/m0/s1. The molecule has 1 aliphatic heterocycles. The van der Waals surface area contributed by atoms with Crippen LogP contribution in [0.1, 0.15) is 36.8 Å². The van der Waals surface area contributed by atoms with Crippen LogP contribution in [-0.2, 0) is 6.42 Å². The van der Waals surface area contributed by atoms with Gasteiger partial charge in [-0.05, 0) is 67.8 Å². The predicted octanol–water partition coefficient (Wildman–Crippen LogP) is 4.20. The van der Waals surface area contributed by atoms with Gasteiger partial charge in [-0.3, -0.25) is 0 Å². The van der Waals surface area contributed by atoms with E-state index >= 15 is 0 Å². The Morgan fingerprint density at radius 3 is 2.86 bits per heavy atom. The first-order valence-corrected chi connectivity index (χ1v) is 10.2. The number of anilines is 1. The largest absolute Gasteiger partial charge is 0.338 e. The molecular formula is C23H30N4O. The Labute approximate surface area is 167 Å². The van der Waals surface area contributed by atoms with Crippen LogP contribution >= 0.6 is 0 Å². The first-order valence-electron chi connectivity index (χ1n) is 10.2. The van der Waals surface area contributed by atoms with Gasteiger partial charge in [0.15, 0.2) is 0 Å². The highest BCUT2D eigenvalue weighted by Gasteiger charge is 2.21. The maximum absolute atomic E-state index is 12.0. The predicted molar refractivity (Wildman–Crippen MR) is 115 cm³/mol. The van der Waals surface area contributed by atoms with Crippen LogP contribution in [0.2, 0.25) is 0 Å². The van der Waals surface area contributed by atoms with Crippen molar-refractivity contribution in [3.05, 3.63) is 65.7 Å². The van der Waals surface area contributed by atoms with Crippen LogP contribution in [0.3, 0.4) is 0 Å². The molecule has 2 aromatic carbocycles. The van der Waals surface area contributed by atoms with Gasteiger partial charge >= 0.3 is 6.03 Å². The Morgan fingerprint density at radius 1 is 1.18 bits per heavy atom. The van der Waals surface area contributed by atoms with E-state index < -0.39 is 0 Å². The Hall–Kier alpha value is -2.66. The number of carbonyl (C=O) groups is 1. The van der Waals surface area contributed by atoms with Gasteiger partial charge in [-0.15, -0.1) is 0 Å². The molecule has 1 aliphatic rings. The van der Waals surface area contributed by atoms with E-state index in [1.54, 1.807) is 6.07 Å². The summed E-state index contributed by atoms with van der Waals surface area (Å²) < 4.78 is 0. The Kier molecular flexibility index (Phi) is 7.62. The summed E-state index contributed by atoms with van der Waals surface area (Å²) in [6.07, 6.45) is 6.91. The van der Waals surface area contributed by atoms with E-state index in [1.165, 1.54) is 24.6 Å². The second kappa shape index (κ2) is 10.6. The first-order chi connectivity index (χ1) is 13.7. The van der Waals surface area contributed by atoms with E-state index in [2.05, 4.69) is 46.3 Å². The van der Waals surface area contributed by atoms with Crippen molar-refractivity contribution in [1.82, 2.24) is 10.6 Å². The fourth-order valence-corrected chi connectivity index (χ4v) is 3.88. The van der Waals surface area contributed by atoms with Crippen LogP contribution in [0.25, 0.3) is 0 Å². The number of rotatable bonds is 8. The molecule has 1 saturated heterocycles. The summed E-state index contributed by atoms with van der Waals surface area (Å²) >= 11 is 0. The Morgan fingerprint density at radius 2 is 2.04 bits per heavy atom. The maximum atomic E-state index is 12.0. The van der Waals surface area contributed by atoms with Crippen LogP contribution in [0, 0.1) is 11.3 Å². The van der Waals surface area contributed by atoms with Gasteiger partial charge in [0.2, 0.25) is 0 Å². The molecule has 0 aliphatic carbocycles. The third-order valence-corrected chi connectivity index (χ3v) is 5.30. The average Bonchev–Trinajstić information content (AvgIpc) is 2.72. The smallest absolute Gasteiger partial charge is 0.319 e. The Balaban J connectivity index is 1.34. The molecule has 5 heteroatoms. The summed E-state index contributed by atoms with van der Waals surface area (Å²) in [6.45, 7) is 1.75. The van der Waals surface area contributed by atoms with Crippen LogP contribution in [-0.4, -0.2) is 31.4 Å². The first kappa shape index (κ1) is 20.1. The maximum Gasteiger partial charge on any atom is 0.319 e. The molecule has 4 N–H and O–H groups in total. The van der Waals surface area contributed by atoms with Gasteiger partial charge in [-0.1, -0.05) is 42.5 Å². The van der Waals surface area contributed by atoms with E-state index in [0.29, 0.717) is 18.3 Å². The summed E-state index contributed by atoms with van der Waals surface area (Å²) in [7, 11) is 0. The second-order valence-electron chi connectivity index (χ2n) is 7.52. The van der Waals surface area contributed by atoms with Crippen molar-refractivity contribution >= 4 is 17.9 Å². The molecule has 148 valence electrons. The number of benzene rings is 2. The molecule has 2 amide bonds. The summed E-state index contributed by atoms with van der Waals surface area (Å²) in [5.41, 5.74) is 2.90. The molecule has 0 bridgehead atoms. The number of hydrogen-bond donors (Lipinski definition) is 4. The molecule has 0 spiro atoms. The van der Waals surface area contributed by atoms with Gasteiger partial charge in [0.25, 0.3) is 0 Å². The number of nitrogens with one attached hydrogen (secondary N) is 4. The lowest BCUT2D eigenvalue weighted by molar-refractivity contribution is 0.250. The van der Waals surface area contributed by atoms with Crippen LogP contribution in [0.15, 0.2) is 54.6 Å². The minimum atomic E-state index is -0.194. The zero-order valence-electron chi connectivity index (χ0n) is 16.3. The molecule has 5 nitrogen and oxygen atoms in total. The highest BCUT2D eigenvalue weighted by atomic mass is 16.2. The van der Waals surface area contributed by atoms with Crippen molar-refractivity contribution in [3.63, 3.8) is 0 Å². The number of urea groups is 1. The van der Waals surface area contributed by atoms with E-state index in [-0.39, 0.29) is 6.03 Å². The lowest BCUT2D eigenvalue weighted by Crippen LogP contribution is -2.39. The van der Waals surface area contributed by atoms with Gasteiger partial charge in [0, 0.05) is 24.5 Å². The highest BCUT2D eigenvalue weighted by molar-refractivity contribution is 5.90. The van der Waals surface area contributed by atoms with Crippen molar-refractivity contribution in [2.45, 2.75) is 38.1 Å². The molecule has 2 aromatic rings. The van der Waals surface area contributed by atoms with Gasteiger partial charge in [0.05, 0.1) is 0 Å². The van der Waals surface area contributed by atoms with Crippen molar-refractivity contribution in [2.75, 3.05) is 18.4 Å². The normalized spacial score (nSPS) is 19.0. The molecule has 0 aromatic heterocycles. The minimum absolute atomic E-state index is 0.194. The highest BCUT2D eigenvalue weighted by Crippen LogP contribution is 2.23. The molecule has 0 unspecified atom stereocenters. The van der Waals surface area contributed by atoms with Gasteiger partial charge in [-0.25, -0.2) is 4.79 Å². The van der Waals surface area contributed by atoms with Crippen LogP contribution in [0.5, 0.6) is 0 Å². The minimum Gasteiger partial charge on any atom is -0.338 e. The summed E-state index contributed by atoms with van der Waals surface area (Å²) in [5, 5.41) is 16.6. The third-order valence-electron chi connectivity index (χ3n) is 5.30. The number of carbonyl (C=O) groups excluding carboxylic acids is 1. The van der Waals surface area contributed by atoms with Gasteiger partial charge in [-0.2, -0.15) is 0 Å². The molecule has 1 fully saturated rings. The number of hydrogen-bond acceptors (Lipinski definition) is 3. The Bertz CT molecular complexity index is 762. The molecule has 0 radical (unpaired) electrons. The number of piperidine rings is 1. The topological polar surface area (TPSA) is 77.0 Å². The summed E-state index contributed by atoms with van der Waals surface area (Å²) in [5.74, 6) is 0.742. The average molecular weight is 379 g/mol. The van der Waals surface area contributed by atoms with E-state index in [4.69, 9.17) is 5.41 Å². The SMILES string of the molecule is N=Cc1cccc(NC(=O)NCCC[C@@H]2C[C@H](Cc3ccccc3)CCN2)c1. The molecule has 2 atom stereocenters. The van der Waals surface area contributed by atoms with Crippen molar-refractivity contribution in [2.24, 2.45) is 5.92 Å². The fourth-order valence-electron chi connectivity index (χ4n) is 3.88. The molecule has 3 rings (SSSR count). The molecular weight excluding hydrogens is 348 g/mol. The zero-order valence-corrected chi connectivity index (χ0v) is 16.3. The summed E-state index contributed by atoms with van der Waals surface area (Å²) in [6, 6.07) is 18.4. The van der Waals surface area contributed by atoms with E-state index in [0.717, 1.165) is 37.3 Å². The number of amides is 2. The lowest BCUT2D eigenvalue weighted by Gasteiger charge is -2.30. The third kappa shape index (κ3) is 6.50. The van der Waals surface area contributed by atoms with Gasteiger partial charge in [0.1, 0.15) is 0 Å².